The third kappa shape index (κ3) is 27.0. The Kier molecular flexibility index (Phi) is 30.2. The minimum Gasteiger partial charge on any atom is -0.493 e. The van der Waals surface area contributed by atoms with E-state index < -0.39 is 0 Å². The number of unbranched alkanes of at least 4 members (excludes halogenated alkanes) is 18. The maximum atomic E-state index is 6.27. The molecular formula is C48H81NO4. The van der Waals surface area contributed by atoms with Crippen LogP contribution in [-0.2, 0) is 9.47 Å². The molecule has 1 saturated heterocycles. The SMILES string of the molecule is CCCCCC=CCC=CCCCCCCCCOc1cc(OCCCCCCCCC=CCC=CCCCCC)cc(C2OCC(CN(C)C)O2)c1. The van der Waals surface area contributed by atoms with E-state index in [1.54, 1.807) is 0 Å². The van der Waals surface area contributed by atoms with Gasteiger partial charge in [0.2, 0.25) is 0 Å². The number of benzene rings is 1. The summed E-state index contributed by atoms with van der Waals surface area (Å²) >= 11 is 0. The summed E-state index contributed by atoms with van der Waals surface area (Å²) in [5.41, 5.74) is 0.979. The van der Waals surface area contributed by atoms with Gasteiger partial charge in [-0.2, -0.15) is 0 Å². The second kappa shape index (κ2) is 34.2. The minimum absolute atomic E-state index is 0.0699. The standard InChI is InChI=1S/C48H81NO4/c1-5-7-9-11-13-15-17-19-21-23-25-27-29-31-33-35-37-50-45-39-44(48-52-43-47(53-48)42-49(3)4)40-46(41-45)51-38-36-34-32-30-28-26-24-22-20-18-16-14-12-10-8-6-2/h13-16,19-22,39-41,47-48H,5-12,17-18,23-38,42-43H2,1-4H3. The molecule has 0 bridgehead atoms. The van der Waals surface area contributed by atoms with Gasteiger partial charge >= 0.3 is 0 Å². The van der Waals surface area contributed by atoms with Crippen molar-refractivity contribution in [2.75, 3.05) is 40.5 Å². The zero-order chi connectivity index (χ0) is 37.9. The van der Waals surface area contributed by atoms with E-state index in [4.69, 9.17) is 18.9 Å². The van der Waals surface area contributed by atoms with E-state index in [0.29, 0.717) is 6.61 Å². The van der Waals surface area contributed by atoms with Crippen LogP contribution in [0.15, 0.2) is 66.8 Å². The van der Waals surface area contributed by atoms with E-state index >= 15 is 0 Å². The molecule has 1 fully saturated rings. The highest BCUT2D eigenvalue weighted by molar-refractivity contribution is 5.39. The van der Waals surface area contributed by atoms with Crippen molar-refractivity contribution < 1.29 is 18.9 Å². The lowest BCUT2D eigenvalue weighted by Crippen LogP contribution is -2.27. The zero-order valence-electron chi connectivity index (χ0n) is 34.9. The van der Waals surface area contributed by atoms with Crippen LogP contribution in [0.4, 0.5) is 0 Å². The summed E-state index contributed by atoms with van der Waals surface area (Å²) in [5, 5.41) is 0. The van der Waals surface area contributed by atoms with Crippen LogP contribution in [0.3, 0.4) is 0 Å². The molecule has 0 N–H and O–H groups in total. The van der Waals surface area contributed by atoms with Gasteiger partial charge < -0.3 is 23.8 Å². The van der Waals surface area contributed by atoms with Gasteiger partial charge in [-0.3, -0.25) is 0 Å². The summed E-state index contributed by atoms with van der Waals surface area (Å²) in [6, 6.07) is 6.19. The van der Waals surface area contributed by atoms with Crippen LogP contribution in [0, 0.1) is 0 Å². The van der Waals surface area contributed by atoms with E-state index in [1.165, 1.54) is 128 Å². The molecule has 1 aromatic rings. The number of likely N-dealkylation sites (N-methyl/N-ethyl adjacent to an activating group) is 1. The highest BCUT2D eigenvalue weighted by Gasteiger charge is 2.28. The molecule has 2 rings (SSSR count). The average Bonchev–Trinajstić information content (AvgIpc) is 3.62. The summed E-state index contributed by atoms with van der Waals surface area (Å²) in [5.74, 6) is 1.70. The molecule has 1 aromatic carbocycles. The minimum atomic E-state index is -0.380. The number of rotatable bonds is 35. The molecule has 0 spiro atoms. The summed E-state index contributed by atoms with van der Waals surface area (Å²) < 4.78 is 24.9. The lowest BCUT2D eigenvalue weighted by Gasteiger charge is -2.17. The molecule has 0 amide bonds. The Hall–Kier alpha value is -2.34. The molecule has 2 unspecified atom stereocenters. The van der Waals surface area contributed by atoms with Crippen molar-refractivity contribution in [2.24, 2.45) is 0 Å². The maximum absolute atomic E-state index is 6.27. The summed E-state index contributed by atoms with van der Waals surface area (Å²) in [7, 11) is 4.14. The molecule has 302 valence electrons. The van der Waals surface area contributed by atoms with Crippen molar-refractivity contribution in [1.29, 1.82) is 0 Å². The van der Waals surface area contributed by atoms with Gasteiger partial charge in [0.15, 0.2) is 6.29 Å². The molecule has 2 atom stereocenters. The van der Waals surface area contributed by atoms with E-state index in [0.717, 1.165) is 62.5 Å². The van der Waals surface area contributed by atoms with Crippen LogP contribution >= 0.6 is 0 Å². The van der Waals surface area contributed by atoms with Gasteiger partial charge in [-0.1, -0.05) is 140 Å². The number of allylic oxidation sites excluding steroid dienone is 8. The lowest BCUT2D eigenvalue weighted by atomic mass is 10.1. The first-order valence-corrected chi connectivity index (χ1v) is 22.0. The molecule has 1 aliphatic rings. The van der Waals surface area contributed by atoms with Gasteiger partial charge in [0.05, 0.1) is 25.9 Å². The Morgan fingerprint density at radius 3 is 1.40 bits per heavy atom. The Balaban J connectivity index is 1.63. The summed E-state index contributed by atoms with van der Waals surface area (Å²) in [6.07, 6.45) is 48.2. The smallest absolute Gasteiger partial charge is 0.184 e. The Morgan fingerprint density at radius 1 is 0.547 bits per heavy atom. The molecule has 0 radical (unpaired) electrons. The fraction of sp³-hybridized carbons (Fsp3) is 0.708. The maximum Gasteiger partial charge on any atom is 0.184 e. The van der Waals surface area contributed by atoms with E-state index in [2.05, 4.69) is 93.6 Å². The monoisotopic (exact) mass is 736 g/mol. The fourth-order valence-corrected chi connectivity index (χ4v) is 6.58. The summed E-state index contributed by atoms with van der Waals surface area (Å²) in [6.45, 7) is 7.41. The number of hydrogen-bond donors (Lipinski definition) is 0. The topological polar surface area (TPSA) is 40.2 Å². The quantitative estimate of drug-likeness (QED) is 0.0513. The van der Waals surface area contributed by atoms with Gasteiger partial charge in [-0.15, -0.1) is 0 Å². The predicted octanol–water partition coefficient (Wildman–Crippen LogP) is 14.0. The molecule has 5 heteroatoms. The first-order valence-electron chi connectivity index (χ1n) is 22.0. The van der Waals surface area contributed by atoms with Gasteiger partial charge in [-0.25, -0.2) is 0 Å². The zero-order valence-corrected chi connectivity index (χ0v) is 34.9. The summed E-state index contributed by atoms with van der Waals surface area (Å²) in [4.78, 5) is 2.14. The number of nitrogens with zero attached hydrogens (tertiary/aromatic N) is 1. The second-order valence-corrected chi connectivity index (χ2v) is 15.3. The highest BCUT2D eigenvalue weighted by Crippen LogP contribution is 2.33. The van der Waals surface area contributed by atoms with Gasteiger partial charge in [0.25, 0.3) is 0 Å². The molecule has 53 heavy (non-hydrogen) atoms. The van der Waals surface area contributed by atoms with Crippen LogP contribution in [-0.4, -0.2) is 51.5 Å². The lowest BCUT2D eigenvalue weighted by molar-refractivity contribution is -0.0629. The van der Waals surface area contributed by atoms with Crippen molar-refractivity contribution in [3.8, 4) is 11.5 Å². The van der Waals surface area contributed by atoms with Crippen molar-refractivity contribution in [3.05, 3.63) is 72.4 Å². The Morgan fingerprint density at radius 2 is 0.962 bits per heavy atom. The van der Waals surface area contributed by atoms with Crippen LogP contribution < -0.4 is 9.47 Å². The average molecular weight is 736 g/mol. The van der Waals surface area contributed by atoms with Crippen LogP contribution in [0.2, 0.25) is 0 Å². The molecule has 5 nitrogen and oxygen atoms in total. The molecule has 0 aliphatic carbocycles. The molecular weight excluding hydrogens is 655 g/mol. The van der Waals surface area contributed by atoms with Crippen LogP contribution in [0.25, 0.3) is 0 Å². The second-order valence-electron chi connectivity index (χ2n) is 15.3. The van der Waals surface area contributed by atoms with E-state index in [9.17, 15) is 0 Å². The third-order valence-electron chi connectivity index (χ3n) is 9.72. The largest absolute Gasteiger partial charge is 0.493 e. The highest BCUT2D eigenvalue weighted by atomic mass is 16.7. The van der Waals surface area contributed by atoms with Crippen LogP contribution in [0.1, 0.15) is 180 Å². The number of hydrogen-bond acceptors (Lipinski definition) is 5. The predicted molar refractivity (Wildman–Crippen MR) is 228 cm³/mol. The first kappa shape index (κ1) is 46.8. The normalized spacial score (nSPS) is 16.5. The molecule has 1 aliphatic heterocycles. The fourth-order valence-electron chi connectivity index (χ4n) is 6.58. The Labute approximate surface area is 327 Å². The van der Waals surface area contributed by atoms with Crippen molar-refractivity contribution in [3.63, 3.8) is 0 Å². The Bertz CT molecular complexity index is 1020. The van der Waals surface area contributed by atoms with E-state index in [1.807, 2.05) is 6.07 Å². The molecule has 0 saturated carbocycles. The van der Waals surface area contributed by atoms with E-state index in [-0.39, 0.29) is 12.4 Å². The van der Waals surface area contributed by atoms with Gasteiger partial charge in [0.1, 0.15) is 11.5 Å². The van der Waals surface area contributed by atoms with Crippen LogP contribution in [0.5, 0.6) is 11.5 Å². The third-order valence-corrected chi connectivity index (χ3v) is 9.72. The van der Waals surface area contributed by atoms with Crippen molar-refractivity contribution in [1.82, 2.24) is 4.90 Å². The first-order chi connectivity index (χ1) is 26.1. The number of ether oxygens (including phenoxy) is 4. The van der Waals surface area contributed by atoms with Gasteiger partial charge in [-0.05, 0) is 103 Å². The van der Waals surface area contributed by atoms with Gasteiger partial charge in [0, 0.05) is 18.2 Å². The molecule has 0 aromatic heterocycles. The van der Waals surface area contributed by atoms with Crippen molar-refractivity contribution >= 4 is 0 Å². The molecule has 1 heterocycles. The van der Waals surface area contributed by atoms with Crippen molar-refractivity contribution in [2.45, 2.75) is 180 Å².